The van der Waals surface area contributed by atoms with E-state index in [9.17, 15) is 0 Å². The van der Waals surface area contributed by atoms with E-state index >= 15 is 0 Å². The molecule has 116 valence electrons. The molecule has 1 saturated heterocycles. The van der Waals surface area contributed by atoms with Crippen molar-refractivity contribution >= 4 is 11.8 Å². The Morgan fingerprint density at radius 2 is 2.05 bits per heavy atom. The van der Waals surface area contributed by atoms with Gasteiger partial charge in [-0.2, -0.15) is 4.98 Å². The molecular formula is C15H20N6O. The van der Waals surface area contributed by atoms with Crippen LogP contribution in [0.5, 0.6) is 5.88 Å². The predicted molar refractivity (Wildman–Crippen MR) is 84.2 cm³/mol. The first-order valence-corrected chi connectivity index (χ1v) is 7.45. The number of aromatic nitrogens is 4. The van der Waals surface area contributed by atoms with Crippen molar-refractivity contribution in [2.24, 2.45) is 0 Å². The van der Waals surface area contributed by atoms with E-state index in [0.717, 1.165) is 43.4 Å². The smallest absolute Gasteiger partial charge is 0.232 e. The summed E-state index contributed by atoms with van der Waals surface area (Å²) in [4.78, 5) is 19.4. The minimum Gasteiger partial charge on any atom is -0.473 e. The third-order valence-electron chi connectivity index (χ3n) is 3.65. The van der Waals surface area contributed by atoms with Gasteiger partial charge in [-0.25, -0.2) is 9.97 Å². The lowest BCUT2D eigenvalue weighted by Gasteiger charge is -2.32. The first kappa shape index (κ1) is 14.5. The monoisotopic (exact) mass is 300 g/mol. The van der Waals surface area contributed by atoms with Gasteiger partial charge in [-0.15, -0.1) is 0 Å². The van der Waals surface area contributed by atoms with Crippen molar-refractivity contribution in [2.45, 2.75) is 25.9 Å². The zero-order chi connectivity index (χ0) is 15.4. The second kappa shape index (κ2) is 6.55. The molecule has 1 fully saturated rings. The van der Waals surface area contributed by atoms with Gasteiger partial charge in [-0.3, -0.25) is 4.98 Å². The zero-order valence-corrected chi connectivity index (χ0v) is 12.9. The van der Waals surface area contributed by atoms with Crippen LogP contribution in [0.3, 0.4) is 0 Å². The summed E-state index contributed by atoms with van der Waals surface area (Å²) in [5, 5.41) is 3.07. The largest absolute Gasteiger partial charge is 0.473 e. The van der Waals surface area contributed by atoms with Crippen molar-refractivity contribution in [3.05, 3.63) is 30.4 Å². The Morgan fingerprint density at radius 1 is 1.23 bits per heavy atom. The number of ether oxygens (including phenoxy) is 1. The second-order valence-corrected chi connectivity index (χ2v) is 5.29. The number of nitrogens with zero attached hydrogens (tertiary/aromatic N) is 5. The predicted octanol–water partition coefficient (Wildman–Crippen LogP) is 1.66. The fraction of sp³-hybridized carbons (Fsp3) is 0.467. The number of rotatable bonds is 4. The van der Waals surface area contributed by atoms with Crippen molar-refractivity contribution in [3.63, 3.8) is 0 Å². The van der Waals surface area contributed by atoms with Crippen molar-refractivity contribution in [1.82, 2.24) is 19.9 Å². The average Bonchev–Trinajstić information content (AvgIpc) is 2.56. The van der Waals surface area contributed by atoms with Crippen molar-refractivity contribution < 1.29 is 4.74 Å². The van der Waals surface area contributed by atoms with Crippen molar-refractivity contribution in [1.29, 1.82) is 0 Å². The van der Waals surface area contributed by atoms with Crippen LogP contribution in [0.15, 0.2) is 24.7 Å². The molecule has 0 aliphatic carbocycles. The number of nitrogens with one attached hydrogen (secondary N) is 1. The summed E-state index contributed by atoms with van der Waals surface area (Å²) in [6.07, 6.45) is 6.94. The van der Waals surface area contributed by atoms with Crippen molar-refractivity contribution in [2.75, 3.05) is 30.4 Å². The van der Waals surface area contributed by atoms with E-state index in [1.54, 1.807) is 18.6 Å². The molecule has 0 saturated carbocycles. The Labute approximate surface area is 129 Å². The molecule has 0 spiro atoms. The molecule has 1 aliphatic heterocycles. The van der Waals surface area contributed by atoms with E-state index in [4.69, 9.17) is 4.74 Å². The van der Waals surface area contributed by atoms with Crippen molar-refractivity contribution in [3.8, 4) is 5.88 Å². The summed E-state index contributed by atoms with van der Waals surface area (Å²) in [5.74, 6) is 2.22. The summed E-state index contributed by atoms with van der Waals surface area (Å²) < 4.78 is 5.85. The molecule has 0 amide bonds. The van der Waals surface area contributed by atoms with Crippen LogP contribution in [-0.4, -0.2) is 46.2 Å². The molecular weight excluding hydrogens is 280 g/mol. The summed E-state index contributed by atoms with van der Waals surface area (Å²) >= 11 is 0. The first-order valence-electron chi connectivity index (χ1n) is 7.45. The molecule has 7 heteroatoms. The third kappa shape index (κ3) is 3.41. The van der Waals surface area contributed by atoms with Crippen LogP contribution in [0.1, 0.15) is 18.5 Å². The molecule has 7 nitrogen and oxygen atoms in total. The highest BCUT2D eigenvalue weighted by Crippen LogP contribution is 2.21. The number of aryl methyl sites for hydroxylation is 1. The SMILES string of the molecule is CNc1cc(C)nc(N2CCC(Oc3cnccn3)CC2)n1. The molecule has 0 bridgehead atoms. The standard InChI is InChI=1S/C15H20N6O/c1-11-9-13(16-2)20-15(19-11)21-7-3-12(4-8-21)22-14-10-17-5-6-18-14/h5-6,9-10,12H,3-4,7-8H2,1-2H3,(H,16,19,20). The maximum absolute atomic E-state index is 5.85. The van der Waals surface area contributed by atoms with E-state index in [-0.39, 0.29) is 6.10 Å². The Morgan fingerprint density at radius 3 is 2.73 bits per heavy atom. The highest BCUT2D eigenvalue weighted by molar-refractivity contribution is 5.43. The molecule has 2 aromatic rings. The Bertz CT molecular complexity index is 613. The van der Waals surface area contributed by atoms with Gasteiger partial charge in [0.1, 0.15) is 11.9 Å². The zero-order valence-electron chi connectivity index (χ0n) is 12.9. The maximum Gasteiger partial charge on any atom is 0.232 e. The van der Waals surface area contributed by atoms with Gasteiger partial charge in [0.15, 0.2) is 0 Å². The third-order valence-corrected chi connectivity index (χ3v) is 3.65. The fourth-order valence-corrected chi connectivity index (χ4v) is 2.51. The first-order chi connectivity index (χ1) is 10.7. The number of hydrogen-bond acceptors (Lipinski definition) is 7. The lowest BCUT2D eigenvalue weighted by atomic mass is 10.1. The molecule has 1 aliphatic rings. The summed E-state index contributed by atoms with van der Waals surface area (Å²) in [6.45, 7) is 3.73. The normalized spacial score (nSPS) is 15.6. The minimum atomic E-state index is 0.168. The van der Waals surface area contributed by atoms with E-state index in [1.165, 1.54) is 0 Å². The van der Waals surface area contributed by atoms with Gasteiger partial charge in [-0.05, 0) is 6.92 Å². The van der Waals surface area contributed by atoms with E-state index < -0.39 is 0 Å². The van der Waals surface area contributed by atoms with Gasteiger partial charge in [0, 0.05) is 57.1 Å². The van der Waals surface area contributed by atoms with Gasteiger partial charge < -0.3 is 15.0 Å². The molecule has 1 N–H and O–H groups in total. The maximum atomic E-state index is 5.85. The Balaban J connectivity index is 1.61. The molecule has 22 heavy (non-hydrogen) atoms. The summed E-state index contributed by atoms with van der Waals surface area (Å²) in [5.41, 5.74) is 0.965. The molecule has 0 aromatic carbocycles. The molecule has 3 rings (SSSR count). The highest BCUT2D eigenvalue weighted by atomic mass is 16.5. The Kier molecular flexibility index (Phi) is 4.32. The topological polar surface area (TPSA) is 76.1 Å². The van der Waals surface area contributed by atoms with Crippen LogP contribution >= 0.6 is 0 Å². The van der Waals surface area contributed by atoms with E-state index in [0.29, 0.717) is 5.88 Å². The van der Waals surface area contributed by atoms with Crippen LogP contribution < -0.4 is 15.0 Å². The van der Waals surface area contributed by atoms with Crippen LogP contribution in [-0.2, 0) is 0 Å². The molecule has 0 radical (unpaired) electrons. The molecule has 2 aromatic heterocycles. The molecule has 0 unspecified atom stereocenters. The van der Waals surface area contributed by atoms with Crippen LogP contribution in [0, 0.1) is 6.92 Å². The van der Waals surface area contributed by atoms with Gasteiger partial charge in [-0.1, -0.05) is 0 Å². The number of hydrogen-bond donors (Lipinski definition) is 1. The van der Waals surface area contributed by atoms with Crippen LogP contribution in [0.25, 0.3) is 0 Å². The lowest BCUT2D eigenvalue weighted by Crippen LogP contribution is -2.39. The summed E-state index contributed by atoms with van der Waals surface area (Å²) in [6, 6.07) is 1.94. The Hall–Kier alpha value is -2.44. The average molecular weight is 300 g/mol. The van der Waals surface area contributed by atoms with Gasteiger partial charge in [0.05, 0.1) is 6.20 Å². The van der Waals surface area contributed by atoms with Crippen LogP contribution in [0.4, 0.5) is 11.8 Å². The van der Waals surface area contributed by atoms with Gasteiger partial charge in [0.25, 0.3) is 0 Å². The van der Waals surface area contributed by atoms with Gasteiger partial charge in [0.2, 0.25) is 11.8 Å². The lowest BCUT2D eigenvalue weighted by molar-refractivity contribution is 0.163. The van der Waals surface area contributed by atoms with E-state index in [1.807, 2.05) is 20.0 Å². The number of anilines is 2. The van der Waals surface area contributed by atoms with E-state index in [2.05, 4.69) is 30.2 Å². The minimum absolute atomic E-state index is 0.168. The highest BCUT2D eigenvalue weighted by Gasteiger charge is 2.23. The summed E-state index contributed by atoms with van der Waals surface area (Å²) in [7, 11) is 1.87. The molecule has 3 heterocycles. The van der Waals surface area contributed by atoms with Gasteiger partial charge >= 0.3 is 0 Å². The number of piperidine rings is 1. The quantitative estimate of drug-likeness (QED) is 0.920. The molecule has 0 atom stereocenters. The fourth-order valence-electron chi connectivity index (χ4n) is 2.51. The van der Waals surface area contributed by atoms with Crippen LogP contribution in [0.2, 0.25) is 0 Å². The second-order valence-electron chi connectivity index (χ2n) is 5.29.